The maximum Gasteiger partial charge on any atom is 0.161 e. The number of hydrogen-bond donors (Lipinski definition) is 2. The third-order valence-electron chi connectivity index (χ3n) is 10.0. The number of aromatic nitrogens is 2. The molecule has 7 rings (SSSR count). The van der Waals surface area contributed by atoms with Crippen molar-refractivity contribution in [2.24, 2.45) is 0 Å². The Labute approximate surface area is 339 Å². The summed E-state index contributed by atoms with van der Waals surface area (Å²) in [6.07, 6.45) is 8.07. The van der Waals surface area contributed by atoms with Gasteiger partial charge in [-0.2, -0.15) is 0 Å². The molecule has 4 bridgehead atoms. The summed E-state index contributed by atoms with van der Waals surface area (Å²) in [5.41, 5.74) is 9.15. The quantitative estimate of drug-likeness (QED) is 0.117. The SMILES string of the molecule is COc1ccc(/C=C/c2ccc(O)c(CN3Cc4cccc(n4)CN(Cc4cc(/C=C/c5ccc(OC)c(OC)c5)ccc4O)Cc4cccc(n4)C3)c2)cc1OC. The Bertz CT molecular complexity index is 2220. The summed E-state index contributed by atoms with van der Waals surface area (Å²) in [5, 5.41) is 22.0. The zero-order valence-electron chi connectivity index (χ0n) is 33.3. The van der Waals surface area contributed by atoms with E-state index in [0.29, 0.717) is 62.3 Å². The first-order chi connectivity index (χ1) is 28.3. The van der Waals surface area contributed by atoms with Crippen molar-refractivity contribution in [1.29, 1.82) is 0 Å². The van der Waals surface area contributed by atoms with Gasteiger partial charge in [0.2, 0.25) is 0 Å². The fraction of sp³-hybridized carbons (Fsp3) is 0.208. The zero-order valence-corrected chi connectivity index (χ0v) is 33.3. The van der Waals surface area contributed by atoms with E-state index < -0.39 is 0 Å². The molecule has 0 unspecified atom stereocenters. The molecule has 1 aliphatic rings. The summed E-state index contributed by atoms with van der Waals surface area (Å²) in [4.78, 5) is 14.7. The summed E-state index contributed by atoms with van der Waals surface area (Å²) >= 11 is 0. The third-order valence-corrected chi connectivity index (χ3v) is 10.0. The van der Waals surface area contributed by atoms with Gasteiger partial charge in [0.1, 0.15) is 11.5 Å². The number of methoxy groups -OCH3 is 4. The van der Waals surface area contributed by atoms with Crippen LogP contribution in [0.3, 0.4) is 0 Å². The van der Waals surface area contributed by atoms with Crippen LogP contribution in [0.25, 0.3) is 24.3 Å². The number of phenols is 2. The van der Waals surface area contributed by atoms with Crippen molar-refractivity contribution in [2.45, 2.75) is 39.3 Å². The molecule has 0 amide bonds. The van der Waals surface area contributed by atoms with Crippen LogP contribution in [0.4, 0.5) is 0 Å². The number of pyridine rings is 2. The number of hydrogen-bond acceptors (Lipinski definition) is 10. The summed E-state index contributed by atoms with van der Waals surface area (Å²) in [6, 6.07) is 35.2. The highest BCUT2D eigenvalue weighted by molar-refractivity contribution is 5.72. The Hall–Kier alpha value is -6.62. The molecule has 4 aromatic carbocycles. The van der Waals surface area contributed by atoms with Gasteiger partial charge < -0.3 is 29.2 Å². The van der Waals surface area contributed by atoms with E-state index in [2.05, 4.69) is 9.80 Å². The van der Waals surface area contributed by atoms with Crippen LogP contribution in [-0.4, -0.2) is 58.4 Å². The molecule has 2 N–H and O–H groups in total. The number of ether oxygens (including phenoxy) is 4. The molecule has 0 radical (unpaired) electrons. The number of rotatable bonds is 12. The zero-order chi connectivity index (χ0) is 40.4. The van der Waals surface area contributed by atoms with Crippen molar-refractivity contribution in [1.82, 2.24) is 19.8 Å². The molecule has 0 saturated heterocycles. The van der Waals surface area contributed by atoms with Crippen molar-refractivity contribution in [3.63, 3.8) is 0 Å². The minimum absolute atomic E-state index is 0.234. The monoisotopic (exact) mass is 776 g/mol. The van der Waals surface area contributed by atoms with Gasteiger partial charge >= 0.3 is 0 Å². The predicted molar refractivity (Wildman–Crippen MR) is 228 cm³/mol. The van der Waals surface area contributed by atoms with E-state index in [9.17, 15) is 10.2 Å². The molecule has 10 nitrogen and oxygen atoms in total. The fourth-order valence-electron chi connectivity index (χ4n) is 7.11. The van der Waals surface area contributed by atoms with E-state index in [4.69, 9.17) is 28.9 Å². The van der Waals surface area contributed by atoms with Gasteiger partial charge in [-0.25, -0.2) is 0 Å². The topological polar surface area (TPSA) is 110 Å². The van der Waals surface area contributed by atoms with Crippen LogP contribution in [0.15, 0.2) is 109 Å². The first kappa shape index (κ1) is 39.6. The second-order valence-corrected chi connectivity index (χ2v) is 14.2. The molecule has 0 aliphatic carbocycles. The molecule has 1 aliphatic heterocycles. The van der Waals surface area contributed by atoms with Gasteiger partial charge in [0, 0.05) is 50.4 Å². The molecule has 0 saturated carbocycles. The summed E-state index contributed by atoms with van der Waals surface area (Å²) in [6.45, 7) is 3.20. The van der Waals surface area contributed by atoms with Crippen LogP contribution in [0, 0.1) is 0 Å². The number of benzene rings is 4. The van der Waals surface area contributed by atoms with Crippen molar-refractivity contribution in [3.8, 4) is 34.5 Å². The van der Waals surface area contributed by atoms with Crippen LogP contribution in [0.2, 0.25) is 0 Å². The van der Waals surface area contributed by atoms with Crippen molar-refractivity contribution in [3.05, 3.63) is 165 Å². The minimum Gasteiger partial charge on any atom is -0.508 e. The van der Waals surface area contributed by atoms with Gasteiger partial charge in [-0.3, -0.25) is 19.8 Å². The lowest BCUT2D eigenvalue weighted by Gasteiger charge is -2.26. The minimum atomic E-state index is 0.234. The molecular formula is C48H48N4O6. The van der Waals surface area contributed by atoms with Gasteiger partial charge in [-0.05, 0) is 95.1 Å². The molecule has 0 atom stereocenters. The van der Waals surface area contributed by atoms with Crippen LogP contribution in [0.1, 0.15) is 56.2 Å². The summed E-state index contributed by atoms with van der Waals surface area (Å²) in [5.74, 6) is 3.14. The number of fused-ring (bicyclic) bond motifs is 4. The summed E-state index contributed by atoms with van der Waals surface area (Å²) in [7, 11) is 6.49. The van der Waals surface area contributed by atoms with Crippen LogP contribution >= 0.6 is 0 Å². The van der Waals surface area contributed by atoms with Gasteiger partial charge in [0.25, 0.3) is 0 Å². The Morgan fingerprint density at radius 1 is 0.448 bits per heavy atom. The molecule has 0 fully saturated rings. The molecule has 6 aromatic rings. The molecular weight excluding hydrogens is 729 g/mol. The van der Waals surface area contributed by atoms with Crippen molar-refractivity contribution < 1.29 is 29.2 Å². The lowest BCUT2D eigenvalue weighted by Crippen LogP contribution is -2.27. The molecule has 3 heterocycles. The van der Waals surface area contributed by atoms with Gasteiger partial charge in [0.05, 0.1) is 51.2 Å². The number of aromatic hydroxyl groups is 2. The highest BCUT2D eigenvalue weighted by atomic mass is 16.5. The maximum atomic E-state index is 11.0. The van der Waals surface area contributed by atoms with E-state index in [1.165, 1.54) is 0 Å². The van der Waals surface area contributed by atoms with Crippen molar-refractivity contribution in [2.75, 3.05) is 28.4 Å². The first-order valence-corrected chi connectivity index (χ1v) is 19.1. The van der Waals surface area contributed by atoms with E-state index in [1.54, 1.807) is 40.6 Å². The first-order valence-electron chi connectivity index (χ1n) is 19.1. The van der Waals surface area contributed by atoms with Crippen LogP contribution in [0.5, 0.6) is 34.5 Å². The molecule has 58 heavy (non-hydrogen) atoms. The highest BCUT2D eigenvalue weighted by Crippen LogP contribution is 2.31. The summed E-state index contributed by atoms with van der Waals surface area (Å²) < 4.78 is 21.7. The molecule has 10 heteroatoms. The predicted octanol–water partition coefficient (Wildman–Crippen LogP) is 8.98. The van der Waals surface area contributed by atoms with Crippen LogP contribution < -0.4 is 18.9 Å². The van der Waals surface area contributed by atoms with E-state index in [1.807, 2.05) is 121 Å². The highest BCUT2D eigenvalue weighted by Gasteiger charge is 2.18. The van der Waals surface area contributed by atoms with Gasteiger partial charge in [-0.15, -0.1) is 0 Å². The van der Waals surface area contributed by atoms with E-state index in [0.717, 1.165) is 56.2 Å². The second-order valence-electron chi connectivity index (χ2n) is 14.2. The fourth-order valence-corrected chi connectivity index (χ4v) is 7.11. The maximum absolute atomic E-state index is 11.0. The third kappa shape index (κ3) is 10.0. The van der Waals surface area contributed by atoms with E-state index >= 15 is 0 Å². The normalized spacial score (nSPS) is 13.6. The average molecular weight is 777 g/mol. The van der Waals surface area contributed by atoms with E-state index in [-0.39, 0.29) is 11.5 Å². The Morgan fingerprint density at radius 3 is 1.12 bits per heavy atom. The Kier molecular flexibility index (Phi) is 12.7. The lowest BCUT2D eigenvalue weighted by molar-refractivity contribution is 0.225. The Balaban J connectivity index is 1.10. The van der Waals surface area contributed by atoms with Crippen molar-refractivity contribution >= 4 is 24.3 Å². The lowest BCUT2D eigenvalue weighted by atomic mass is 10.1. The number of nitrogens with zero attached hydrogens (tertiary/aromatic N) is 4. The van der Waals surface area contributed by atoms with Gasteiger partial charge in [0.15, 0.2) is 23.0 Å². The smallest absolute Gasteiger partial charge is 0.161 e. The second kappa shape index (κ2) is 18.5. The average Bonchev–Trinajstić information content (AvgIpc) is 3.23. The standard InChI is InChI=1S/C48H48N4O6/c1-55-45-21-17-35(25-47(45)57-3)13-11-33-15-19-43(53)37(23-33)27-51-29-39-7-5-9-41(49-39)31-52(32-42-10-6-8-40(30-51)50-42)28-38-24-34(16-20-44(38)54)12-14-36-18-22-46(56-2)48(26-36)58-4/h5-26,53-54H,27-32H2,1-4H3/b13-11+,14-12+. The Morgan fingerprint density at radius 2 is 0.776 bits per heavy atom. The van der Waals surface area contributed by atoms with Crippen LogP contribution in [-0.2, 0) is 39.3 Å². The largest absolute Gasteiger partial charge is 0.508 e. The van der Waals surface area contributed by atoms with Gasteiger partial charge in [-0.1, -0.05) is 60.7 Å². The number of phenolic OH excluding ortho intramolecular Hbond substituents is 2. The molecule has 2 aromatic heterocycles. The molecule has 296 valence electrons. The molecule has 0 spiro atoms.